The van der Waals surface area contributed by atoms with E-state index in [-0.39, 0.29) is 5.41 Å². The van der Waals surface area contributed by atoms with Gasteiger partial charge in [-0.25, -0.2) is 0 Å². The molecule has 1 aromatic heterocycles. The van der Waals surface area contributed by atoms with E-state index in [9.17, 15) is 0 Å². The molecule has 1 fully saturated rings. The first-order chi connectivity index (χ1) is 7.24. The highest BCUT2D eigenvalue weighted by Gasteiger charge is 2.43. The first-order valence-corrected chi connectivity index (χ1v) is 5.27. The minimum Gasteiger partial charge on any atom is -0.383 e. The summed E-state index contributed by atoms with van der Waals surface area (Å²) < 4.78 is 10.1. The Morgan fingerprint density at radius 3 is 3.00 bits per heavy atom. The van der Waals surface area contributed by atoms with Crippen LogP contribution >= 0.6 is 0 Å². The van der Waals surface area contributed by atoms with E-state index in [2.05, 4.69) is 22.4 Å². The van der Waals surface area contributed by atoms with Gasteiger partial charge in [0.2, 0.25) is 5.89 Å². The molecule has 0 bridgehead atoms. The van der Waals surface area contributed by atoms with Crippen LogP contribution in [-0.2, 0) is 16.7 Å². The molecule has 2 rings (SSSR count). The van der Waals surface area contributed by atoms with Gasteiger partial charge in [-0.05, 0) is 12.8 Å². The molecule has 0 saturated heterocycles. The largest absolute Gasteiger partial charge is 0.383 e. The van der Waals surface area contributed by atoms with Crippen LogP contribution in [0.3, 0.4) is 0 Å². The highest BCUT2D eigenvalue weighted by molar-refractivity contribution is 5.14. The van der Waals surface area contributed by atoms with Crippen molar-refractivity contribution in [3.8, 4) is 0 Å². The lowest BCUT2D eigenvalue weighted by Crippen LogP contribution is -2.18. The van der Waals surface area contributed by atoms with Crippen LogP contribution in [0.2, 0.25) is 0 Å². The van der Waals surface area contributed by atoms with E-state index in [0.717, 1.165) is 12.4 Å². The molecule has 1 saturated carbocycles. The number of nitrogens with one attached hydrogen (secondary N) is 1. The van der Waals surface area contributed by atoms with Gasteiger partial charge in [-0.15, -0.1) is 0 Å². The summed E-state index contributed by atoms with van der Waals surface area (Å²) in [5.41, 5.74) is 0.189. The molecule has 1 aromatic rings. The van der Waals surface area contributed by atoms with Gasteiger partial charge in [0.15, 0.2) is 5.82 Å². The lowest BCUT2D eigenvalue weighted by molar-refractivity contribution is 0.197. The highest BCUT2D eigenvalue weighted by Crippen LogP contribution is 2.45. The van der Waals surface area contributed by atoms with Gasteiger partial charge in [0, 0.05) is 19.1 Å². The molecule has 0 spiro atoms. The fourth-order valence-electron chi connectivity index (χ4n) is 1.35. The molecule has 1 aliphatic rings. The zero-order valence-electron chi connectivity index (χ0n) is 9.25. The lowest BCUT2D eigenvalue weighted by Gasteiger charge is -1.99. The van der Waals surface area contributed by atoms with Crippen LogP contribution in [-0.4, -0.2) is 30.4 Å². The summed E-state index contributed by atoms with van der Waals surface area (Å²) in [7, 11) is 1.68. The van der Waals surface area contributed by atoms with Crippen LogP contribution in [0.4, 0.5) is 0 Å². The Hall–Kier alpha value is -0.940. The van der Waals surface area contributed by atoms with Crippen molar-refractivity contribution in [2.75, 3.05) is 20.3 Å². The Kier molecular flexibility index (Phi) is 3.02. The summed E-state index contributed by atoms with van der Waals surface area (Å²) in [6.45, 7) is 4.27. The van der Waals surface area contributed by atoms with Gasteiger partial charge in [-0.2, -0.15) is 4.98 Å². The van der Waals surface area contributed by atoms with E-state index in [0.29, 0.717) is 19.0 Å². The first-order valence-electron chi connectivity index (χ1n) is 5.27. The molecule has 0 aromatic carbocycles. The molecule has 0 atom stereocenters. The van der Waals surface area contributed by atoms with E-state index < -0.39 is 0 Å². The maximum atomic E-state index is 5.15. The van der Waals surface area contributed by atoms with Crippen LogP contribution in [0.1, 0.15) is 31.5 Å². The van der Waals surface area contributed by atoms with Crippen LogP contribution in [0.15, 0.2) is 4.52 Å². The van der Waals surface area contributed by atoms with Gasteiger partial charge in [0.05, 0.1) is 13.2 Å². The molecule has 1 aliphatic carbocycles. The van der Waals surface area contributed by atoms with Crippen LogP contribution in [0.5, 0.6) is 0 Å². The van der Waals surface area contributed by atoms with Crippen molar-refractivity contribution in [1.82, 2.24) is 15.5 Å². The van der Waals surface area contributed by atoms with Crippen LogP contribution in [0.25, 0.3) is 0 Å². The second kappa shape index (κ2) is 4.28. The maximum absolute atomic E-state index is 5.15. The molecule has 5 heteroatoms. The van der Waals surface area contributed by atoms with Gasteiger partial charge < -0.3 is 14.6 Å². The third kappa shape index (κ3) is 2.54. The average molecular weight is 211 g/mol. The second-order valence-electron chi connectivity index (χ2n) is 4.24. The van der Waals surface area contributed by atoms with Gasteiger partial charge in [-0.1, -0.05) is 12.1 Å². The van der Waals surface area contributed by atoms with Gasteiger partial charge >= 0.3 is 0 Å². The second-order valence-corrected chi connectivity index (χ2v) is 4.24. The molecule has 0 radical (unpaired) electrons. The fourth-order valence-corrected chi connectivity index (χ4v) is 1.35. The summed E-state index contributed by atoms with van der Waals surface area (Å²) in [6, 6.07) is 0. The number of hydrogen-bond acceptors (Lipinski definition) is 5. The number of ether oxygens (including phenoxy) is 1. The predicted molar refractivity (Wildman–Crippen MR) is 54.5 cm³/mol. The smallest absolute Gasteiger partial charge is 0.240 e. The molecule has 0 aliphatic heterocycles. The summed E-state index contributed by atoms with van der Waals surface area (Å²) in [6.07, 6.45) is 2.34. The first kappa shape index (κ1) is 10.6. The number of aromatic nitrogens is 2. The maximum Gasteiger partial charge on any atom is 0.240 e. The quantitative estimate of drug-likeness (QED) is 0.707. The van der Waals surface area contributed by atoms with Crippen molar-refractivity contribution in [3.05, 3.63) is 11.7 Å². The molecule has 5 nitrogen and oxygen atoms in total. The third-order valence-electron chi connectivity index (χ3n) is 2.77. The summed E-state index contributed by atoms with van der Waals surface area (Å²) in [4.78, 5) is 4.36. The molecule has 1 N–H and O–H groups in total. The van der Waals surface area contributed by atoms with Crippen molar-refractivity contribution in [2.24, 2.45) is 0 Å². The Morgan fingerprint density at radius 2 is 2.33 bits per heavy atom. The summed E-state index contributed by atoms with van der Waals surface area (Å²) >= 11 is 0. The summed E-state index contributed by atoms with van der Waals surface area (Å²) in [5.74, 6) is 1.51. The van der Waals surface area contributed by atoms with Crippen molar-refractivity contribution in [1.29, 1.82) is 0 Å². The molecule has 84 valence electrons. The average Bonchev–Trinajstić information content (AvgIpc) is 2.82. The Bertz CT molecular complexity index is 320. The molecule has 0 amide bonds. The van der Waals surface area contributed by atoms with Gasteiger partial charge in [0.1, 0.15) is 0 Å². The van der Waals surface area contributed by atoms with Crippen molar-refractivity contribution in [2.45, 2.75) is 31.7 Å². The minimum atomic E-state index is 0.189. The van der Waals surface area contributed by atoms with Crippen molar-refractivity contribution < 1.29 is 9.26 Å². The van der Waals surface area contributed by atoms with Gasteiger partial charge in [-0.3, -0.25) is 0 Å². The minimum absolute atomic E-state index is 0.189. The zero-order valence-corrected chi connectivity index (χ0v) is 9.25. The fraction of sp³-hybridized carbons (Fsp3) is 0.800. The molecule has 15 heavy (non-hydrogen) atoms. The van der Waals surface area contributed by atoms with E-state index in [4.69, 9.17) is 9.26 Å². The van der Waals surface area contributed by atoms with Crippen LogP contribution in [0, 0.1) is 0 Å². The Morgan fingerprint density at radius 1 is 1.53 bits per heavy atom. The molecule has 1 heterocycles. The van der Waals surface area contributed by atoms with E-state index in [1.807, 2.05) is 0 Å². The van der Waals surface area contributed by atoms with Crippen molar-refractivity contribution >= 4 is 0 Å². The Balaban J connectivity index is 1.80. The lowest BCUT2D eigenvalue weighted by atomic mass is 10.1. The van der Waals surface area contributed by atoms with Crippen molar-refractivity contribution in [3.63, 3.8) is 0 Å². The van der Waals surface area contributed by atoms with E-state index >= 15 is 0 Å². The molecular weight excluding hydrogens is 194 g/mol. The zero-order chi connectivity index (χ0) is 10.7. The highest BCUT2D eigenvalue weighted by atomic mass is 16.5. The number of methoxy groups -OCH3 is 1. The van der Waals surface area contributed by atoms with Gasteiger partial charge in [0.25, 0.3) is 0 Å². The standard InChI is InChI=1S/C10H17N3O2/c1-10(3-4-10)9-12-8(15-13-9)7-11-5-6-14-2/h11H,3-7H2,1-2H3. The Labute approximate surface area is 89.2 Å². The number of hydrogen-bond donors (Lipinski definition) is 1. The molecular formula is C10H17N3O2. The normalized spacial score (nSPS) is 18.0. The summed E-state index contributed by atoms with van der Waals surface area (Å²) in [5, 5.41) is 7.16. The molecule has 0 unspecified atom stereocenters. The van der Waals surface area contributed by atoms with Crippen LogP contribution < -0.4 is 5.32 Å². The van der Waals surface area contributed by atoms with E-state index in [1.165, 1.54) is 12.8 Å². The van der Waals surface area contributed by atoms with E-state index in [1.54, 1.807) is 7.11 Å². The SMILES string of the molecule is COCCNCc1nc(C2(C)CC2)no1. The number of nitrogens with zero attached hydrogens (tertiary/aromatic N) is 2. The predicted octanol–water partition coefficient (Wildman–Crippen LogP) is 0.857. The monoisotopic (exact) mass is 211 g/mol. The third-order valence-corrected chi connectivity index (χ3v) is 2.77. The topological polar surface area (TPSA) is 60.2 Å². The number of rotatable bonds is 6.